The van der Waals surface area contributed by atoms with E-state index in [4.69, 9.17) is 0 Å². The summed E-state index contributed by atoms with van der Waals surface area (Å²) in [5.74, 6) is 1.49. The monoisotopic (exact) mass is 392 g/mol. The molecule has 5 unspecified atom stereocenters. The van der Waals surface area contributed by atoms with Gasteiger partial charge in [0.15, 0.2) is 0 Å². The van der Waals surface area contributed by atoms with Gasteiger partial charge in [-0.3, -0.25) is 10.2 Å². The summed E-state index contributed by atoms with van der Waals surface area (Å²) >= 11 is 0. The molecule has 5 nitrogen and oxygen atoms in total. The Hall–Kier alpha value is -0.980. The van der Waals surface area contributed by atoms with Gasteiger partial charge in [-0.15, -0.1) is 0 Å². The van der Waals surface area contributed by atoms with Crippen LogP contribution in [0.3, 0.4) is 0 Å². The molecule has 3 saturated heterocycles. The zero-order valence-corrected chi connectivity index (χ0v) is 17.0. The number of hydrogen-bond acceptors (Lipinski definition) is 4. The highest BCUT2D eigenvalue weighted by molar-refractivity contribution is 5.86. The average Bonchev–Trinajstić information content (AvgIpc) is 3.16. The summed E-state index contributed by atoms with van der Waals surface area (Å²) in [5.41, 5.74) is 3.84. The minimum atomic E-state index is -0.593. The van der Waals surface area contributed by atoms with Gasteiger partial charge < -0.3 is 10.6 Å². The van der Waals surface area contributed by atoms with Crippen LogP contribution in [0, 0.1) is 17.8 Å². The highest BCUT2D eigenvalue weighted by atomic mass is 19.1. The lowest BCUT2D eigenvalue weighted by Gasteiger charge is -2.44. The average molecular weight is 393 g/mol. The molecule has 0 aromatic rings. The number of carbonyl (C=O) groups excluding carboxylic acids is 1. The lowest BCUT2D eigenvalue weighted by Crippen LogP contribution is -2.55. The van der Waals surface area contributed by atoms with Crippen LogP contribution in [-0.4, -0.2) is 54.8 Å². The van der Waals surface area contributed by atoms with E-state index >= 15 is 0 Å². The van der Waals surface area contributed by atoms with E-state index in [0.29, 0.717) is 42.4 Å². The number of nitrogens with one attached hydrogen (secondary N) is 3. The number of amides is 1. The fourth-order valence-corrected chi connectivity index (χ4v) is 6.13. The van der Waals surface area contributed by atoms with E-state index < -0.39 is 6.17 Å². The molecule has 0 radical (unpaired) electrons. The molecular formula is C22H37FN4O. The molecule has 1 aliphatic carbocycles. The minimum absolute atomic E-state index is 0.0843. The molecule has 158 valence electrons. The van der Waals surface area contributed by atoms with Crippen molar-refractivity contribution in [3.63, 3.8) is 0 Å². The number of nitrogens with zero attached hydrogens (tertiary/aromatic N) is 1. The van der Waals surface area contributed by atoms with E-state index in [1.54, 1.807) is 0 Å². The third-order valence-electron chi connectivity index (χ3n) is 7.77. The van der Waals surface area contributed by atoms with Crippen molar-refractivity contribution < 1.29 is 9.18 Å². The quantitative estimate of drug-likeness (QED) is 0.630. The maximum Gasteiger partial charge on any atom is 0.243 e. The van der Waals surface area contributed by atoms with E-state index in [-0.39, 0.29) is 5.91 Å². The predicted octanol–water partition coefficient (Wildman–Crippen LogP) is 2.54. The van der Waals surface area contributed by atoms with E-state index in [0.717, 1.165) is 45.2 Å². The molecule has 4 aliphatic rings. The van der Waals surface area contributed by atoms with Gasteiger partial charge in [0.2, 0.25) is 5.91 Å². The van der Waals surface area contributed by atoms with E-state index in [1.165, 1.54) is 31.8 Å². The summed E-state index contributed by atoms with van der Waals surface area (Å²) in [6.07, 6.45) is 10.5. The molecule has 6 heteroatoms. The number of carbonyl (C=O) groups is 1. The molecule has 3 aliphatic heterocycles. The third kappa shape index (κ3) is 4.60. The second-order valence-electron chi connectivity index (χ2n) is 9.45. The number of alkyl halides is 1. The van der Waals surface area contributed by atoms with Crippen molar-refractivity contribution in [2.24, 2.45) is 17.8 Å². The molecule has 5 atom stereocenters. The molecule has 3 heterocycles. The first kappa shape index (κ1) is 20.3. The summed E-state index contributed by atoms with van der Waals surface area (Å²) in [4.78, 5) is 11.7. The Morgan fingerprint density at radius 1 is 1.14 bits per heavy atom. The Kier molecular flexibility index (Phi) is 6.69. The Labute approximate surface area is 168 Å². The van der Waals surface area contributed by atoms with Gasteiger partial charge in [-0.25, -0.2) is 9.40 Å². The summed E-state index contributed by atoms with van der Waals surface area (Å²) in [5, 5.41) is 9.29. The molecule has 0 aromatic heterocycles. The van der Waals surface area contributed by atoms with Gasteiger partial charge >= 0.3 is 0 Å². The van der Waals surface area contributed by atoms with Crippen LogP contribution in [0.15, 0.2) is 12.7 Å². The van der Waals surface area contributed by atoms with Crippen LogP contribution < -0.4 is 16.1 Å². The lowest BCUT2D eigenvalue weighted by molar-refractivity contribution is -0.116. The van der Waals surface area contributed by atoms with Gasteiger partial charge in [0.1, 0.15) is 6.17 Å². The maximum atomic E-state index is 13.6. The molecular weight excluding hydrogens is 355 g/mol. The second kappa shape index (κ2) is 9.23. The zero-order chi connectivity index (χ0) is 19.5. The van der Waals surface area contributed by atoms with Crippen LogP contribution in [-0.2, 0) is 4.79 Å². The second-order valence-corrected chi connectivity index (χ2v) is 9.45. The number of hydrazine groups is 1. The van der Waals surface area contributed by atoms with Crippen LogP contribution in [0.5, 0.6) is 0 Å². The molecule has 1 amide bonds. The molecule has 0 bridgehead atoms. The third-order valence-corrected chi connectivity index (χ3v) is 7.77. The molecule has 4 rings (SSSR count). The highest BCUT2D eigenvalue weighted by Gasteiger charge is 2.43. The van der Waals surface area contributed by atoms with E-state index in [1.807, 2.05) is 0 Å². The van der Waals surface area contributed by atoms with Gasteiger partial charge in [0, 0.05) is 37.8 Å². The molecule has 28 heavy (non-hydrogen) atoms. The highest BCUT2D eigenvalue weighted by Crippen LogP contribution is 2.38. The smallest absolute Gasteiger partial charge is 0.243 e. The van der Waals surface area contributed by atoms with Crippen molar-refractivity contribution in [3.05, 3.63) is 12.7 Å². The SMILES string of the molecule is C=CC(=O)NCC1CNC(C2CCC(F)CC2)CC1C1CC2CCCCN2N1. The van der Waals surface area contributed by atoms with Crippen LogP contribution >= 0.6 is 0 Å². The van der Waals surface area contributed by atoms with Crippen molar-refractivity contribution in [1.82, 2.24) is 21.1 Å². The molecule has 0 spiro atoms. The van der Waals surface area contributed by atoms with Gasteiger partial charge in [-0.1, -0.05) is 13.0 Å². The molecule has 1 saturated carbocycles. The predicted molar refractivity (Wildman–Crippen MR) is 109 cm³/mol. The van der Waals surface area contributed by atoms with Crippen LogP contribution in [0.2, 0.25) is 0 Å². The van der Waals surface area contributed by atoms with Gasteiger partial charge in [-0.2, -0.15) is 0 Å². The fourth-order valence-electron chi connectivity index (χ4n) is 6.13. The molecule has 0 aromatic carbocycles. The topological polar surface area (TPSA) is 56.4 Å². The van der Waals surface area contributed by atoms with Crippen molar-refractivity contribution in [1.29, 1.82) is 0 Å². The fraction of sp³-hybridized carbons (Fsp3) is 0.864. The summed E-state index contributed by atoms with van der Waals surface area (Å²) in [7, 11) is 0. The Bertz CT molecular complexity index is 537. The van der Waals surface area contributed by atoms with E-state index in [9.17, 15) is 9.18 Å². The summed E-state index contributed by atoms with van der Waals surface area (Å²) in [6.45, 7) is 6.37. The van der Waals surface area contributed by atoms with Crippen molar-refractivity contribution in [2.75, 3.05) is 19.6 Å². The Balaban J connectivity index is 1.42. The normalized spacial score (nSPS) is 42.0. The van der Waals surface area contributed by atoms with Crippen LogP contribution in [0.25, 0.3) is 0 Å². The Morgan fingerprint density at radius 3 is 2.71 bits per heavy atom. The first-order valence-corrected chi connectivity index (χ1v) is 11.4. The van der Waals surface area contributed by atoms with Crippen LogP contribution in [0.4, 0.5) is 4.39 Å². The zero-order valence-electron chi connectivity index (χ0n) is 17.0. The lowest BCUT2D eigenvalue weighted by atomic mass is 9.71. The molecule has 3 N–H and O–H groups in total. The van der Waals surface area contributed by atoms with Gasteiger partial charge in [0.05, 0.1) is 0 Å². The Morgan fingerprint density at radius 2 is 1.96 bits per heavy atom. The van der Waals surface area contributed by atoms with E-state index in [2.05, 4.69) is 27.6 Å². The largest absolute Gasteiger partial charge is 0.352 e. The van der Waals surface area contributed by atoms with Crippen molar-refractivity contribution in [3.8, 4) is 0 Å². The number of hydrogen-bond donors (Lipinski definition) is 3. The number of halogens is 1. The summed E-state index contributed by atoms with van der Waals surface area (Å²) < 4.78 is 13.6. The summed E-state index contributed by atoms with van der Waals surface area (Å²) in [6, 6.07) is 1.66. The number of rotatable bonds is 5. The number of piperidine rings is 2. The standard InChI is InChI=1S/C22H37FN4O/c1-2-22(28)25-14-16-13-24-20(15-6-8-17(23)9-7-15)12-19(16)21-11-18-5-3-4-10-27(18)26-21/h2,15-21,24,26H,1,3-14H2,(H,25,28). The maximum absolute atomic E-state index is 13.6. The van der Waals surface area contributed by atoms with Crippen molar-refractivity contribution >= 4 is 5.91 Å². The van der Waals surface area contributed by atoms with Crippen LogP contribution in [0.1, 0.15) is 57.8 Å². The minimum Gasteiger partial charge on any atom is -0.352 e. The first-order valence-electron chi connectivity index (χ1n) is 11.4. The van der Waals surface area contributed by atoms with Gasteiger partial charge in [-0.05, 0) is 75.2 Å². The van der Waals surface area contributed by atoms with Crippen molar-refractivity contribution in [2.45, 2.75) is 82.1 Å². The van der Waals surface area contributed by atoms with Gasteiger partial charge in [0.25, 0.3) is 0 Å². The number of fused-ring (bicyclic) bond motifs is 1. The molecule has 4 fully saturated rings. The first-order chi connectivity index (χ1) is 13.6.